The van der Waals surface area contributed by atoms with Crippen LogP contribution >= 0.6 is 11.8 Å². The van der Waals surface area contributed by atoms with Crippen LogP contribution in [0.2, 0.25) is 0 Å². The molecule has 1 saturated heterocycles. The maximum absolute atomic E-state index is 15.1. The van der Waals surface area contributed by atoms with E-state index in [0.29, 0.717) is 16.3 Å². The Hall–Kier alpha value is -2.30. The second-order valence-corrected chi connectivity index (χ2v) is 8.72. The monoisotopic (exact) mass is 421 g/mol. The molecule has 5 N–H and O–H groups in total. The molecule has 29 heavy (non-hydrogen) atoms. The molecule has 156 valence electrons. The first-order chi connectivity index (χ1) is 13.8. The first kappa shape index (κ1) is 20.0. The average molecular weight is 421 g/mol. The Balaban J connectivity index is 1.91. The zero-order chi connectivity index (χ0) is 20.9. The number of nitrogens with one attached hydrogen (secondary N) is 1. The van der Waals surface area contributed by atoms with Crippen molar-refractivity contribution in [3.05, 3.63) is 27.7 Å². The summed E-state index contributed by atoms with van der Waals surface area (Å²) in [7, 11) is 2.06. The number of carbonyl (C=O) groups excluding carboxylic acids is 1. The molecule has 3 heterocycles. The van der Waals surface area contributed by atoms with E-state index in [1.54, 1.807) is 6.07 Å². The molecule has 2 aliphatic heterocycles. The minimum Gasteiger partial charge on any atom is -0.396 e. The number of nitrogens with zero attached hydrogens (tertiary/aromatic N) is 2. The van der Waals surface area contributed by atoms with Crippen LogP contribution in [-0.4, -0.2) is 47.4 Å². The molecule has 1 atom stereocenters. The van der Waals surface area contributed by atoms with Gasteiger partial charge in [0.15, 0.2) is 5.82 Å². The minimum absolute atomic E-state index is 0.0107. The van der Waals surface area contributed by atoms with Gasteiger partial charge in [0, 0.05) is 17.8 Å². The first-order valence-electron chi connectivity index (χ1n) is 9.52. The van der Waals surface area contributed by atoms with Gasteiger partial charge in [0.1, 0.15) is 5.56 Å². The number of pyridine rings is 1. The smallest absolute Gasteiger partial charge is 0.363 e. The molecule has 8 nitrogen and oxygen atoms in total. The number of anilines is 2. The van der Waals surface area contributed by atoms with E-state index < -0.39 is 17.2 Å². The number of carbonyl (C=O) groups is 1. The van der Waals surface area contributed by atoms with Crippen LogP contribution in [0.4, 0.5) is 15.8 Å². The van der Waals surface area contributed by atoms with Gasteiger partial charge >= 0.3 is 5.97 Å². The maximum atomic E-state index is 15.1. The van der Waals surface area contributed by atoms with E-state index in [1.807, 2.05) is 11.5 Å². The van der Waals surface area contributed by atoms with E-state index in [1.165, 1.54) is 11.8 Å². The number of hydrogen-bond donors (Lipinski definition) is 3. The van der Waals surface area contributed by atoms with Crippen molar-refractivity contribution in [2.45, 2.75) is 36.9 Å². The third-order valence-electron chi connectivity index (χ3n) is 5.72. The third-order valence-corrected chi connectivity index (χ3v) is 7.04. The topological polar surface area (TPSA) is 116 Å². The Morgan fingerprint density at radius 3 is 2.72 bits per heavy atom. The molecule has 0 bridgehead atoms. The van der Waals surface area contributed by atoms with Crippen LogP contribution in [0.1, 0.15) is 36.2 Å². The summed E-state index contributed by atoms with van der Waals surface area (Å²) < 4.78 is 17.0. The van der Waals surface area contributed by atoms with Crippen LogP contribution in [0.15, 0.2) is 15.9 Å². The summed E-state index contributed by atoms with van der Waals surface area (Å²) in [5, 5.41) is 3.72. The number of aromatic nitrogens is 1. The average Bonchev–Trinajstić information content (AvgIpc) is 3.08. The number of thioether (sulfide) groups is 1. The van der Waals surface area contributed by atoms with E-state index >= 15 is 4.39 Å². The molecule has 2 aliphatic rings. The van der Waals surface area contributed by atoms with Gasteiger partial charge in [0.05, 0.1) is 27.3 Å². The lowest BCUT2D eigenvalue weighted by molar-refractivity contribution is 0.0496. The SMILES string of the molecule is C[C@@H]1CSc2c(C(=O)ON)c(=O)c3c(N)c(F)c(NC4CCN(C)CC4)cc3n21. The van der Waals surface area contributed by atoms with Gasteiger partial charge in [0.25, 0.3) is 0 Å². The van der Waals surface area contributed by atoms with Crippen LogP contribution in [-0.2, 0) is 4.84 Å². The number of likely N-dealkylation sites (tertiary alicyclic amines) is 1. The van der Waals surface area contributed by atoms with Crippen molar-refractivity contribution in [3.63, 3.8) is 0 Å². The molecule has 2 aromatic rings. The Morgan fingerprint density at radius 2 is 2.07 bits per heavy atom. The van der Waals surface area contributed by atoms with E-state index in [0.717, 1.165) is 25.9 Å². The Labute approximate surface area is 171 Å². The van der Waals surface area contributed by atoms with E-state index in [2.05, 4.69) is 22.1 Å². The molecular formula is C19H24FN5O3S. The highest BCUT2D eigenvalue weighted by Crippen LogP contribution is 2.40. The number of piperidine rings is 1. The predicted molar refractivity (Wildman–Crippen MR) is 112 cm³/mol. The Bertz CT molecular complexity index is 1050. The molecule has 0 unspecified atom stereocenters. The van der Waals surface area contributed by atoms with Gasteiger partial charge in [-0.2, -0.15) is 5.90 Å². The molecule has 0 aliphatic carbocycles. The van der Waals surface area contributed by atoms with E-state index in [-0.39, 0.29) is 34.4 Å². The molecule has 10 heteroatoms. The van der Waals surface area contributed by atoms with E-state index in [4.69, 9.17) is 11.6 Å². The summed E-state index contributed by atoms with van der Waals surface area (Å²) >= 11 is 1.37. The number of hydrogen-bond acceptors (Lipinski definition) is 8. The van der Waals surface area contributed by atoms with Gasteiger partial charge in [-0.25, -0.2) is 9.18 Å². The Kier molecular flexibility index (Phi) is 5.18. The lowest BCUT2D eigenvalue weighted by Gasteiger charge is -2.30. The number of benzene rings is 1. The van der Waals surface area contributed by atoms with Crippen molar-refractivity contribution in [3.8, 4) is 0 Å². The highest BCUT2D eigenvalue weighted by molar-refractivity contribution is 7.99. The number of nitrogens with two attached hydrogens (primary N) is 2. The minimum atomic E-state index is -0.949. The fourth-order valence-corrected chi connectivity index (χ4v) is 5.40. The van der Waals surface area contributed by atoms with Crippen molar-refractivity contribution < 1.29 is 14.0 Å². The van der Waals surface area contributed by atoms with Crippen molar-refractivity contribution in [2.24, 2.45) is 5.90 Å². The lowest BCUT2D eigenvalue weighted by Crippen LogP contribution is -2.37. The molecule has 4 rings (SSSR count). The molecular weight excluding hydrogens is 397 g/mol. The van der Waals surface area contributed by atoms with Crippen LogP contribution < -0.4 is 22.4 Å². The molecule has 0 spiro atoms. The lowest BCUT2D eigenvalue weighted by atomic mass is 10.0. The summed E-state index contributed by atoms with van der Waals surface area (Å²) in [6.07, 6.45) is 1.78. The highest BCUT2D eigenvalue weighted by atomic mass is 32.2. The van der Waals surface area contributed by atoms with Gasteiger partial charge in [-0.05, 0) is 46.0 Å². The largest absolute Gasteiger partial charge is 0.396 e. The molecule has 1 fully saturated rings. The van der Waals surface area contributed by atoms with Gasteiger partial charge in [-0.3, -0.25) is 4.79 Å². The summed E-state index contributed by atoms with van der Waals surface area (Å²) in [5.41, 5.74) is 5.72. The predicted octanol–water partition coefficient (Wildman–Crippen LogP) is 1.93. The molecule has 0 saturated carbocycles. The number of halogens is 1. The second-order valence-electron chi connectivity index (χ2n) is 7.71. The zero-order valence-corrected chi connectivity index (χ0v) is 17.1. The van der Waals surface area contributed by atoms with Crippen LogP contribution in [0.25, 0.3) is 10.9 Å². The number of fused-ring (bicyclic) bond motifs is 3. The molecule has 1 aromatic heterocycles. The fourth-order valence-electron chi connectivity index (χ4n) is 4.12. The van der Waals surface area contributed by atoms with Crippen molar-refractivity contribution in [1.29, 1.82) is 0 Å². The van der Waals surface area contributed by atoms with Crippen molar-refractivity contribution in [2.75, 3.05) is 36.9 Å². The maximum Gasteiger partial charge on any atom is 0.363 e. The number of nitrogen functional groups attached to an aromatic ring is 1. The van der Waals surface area contributed by atoms with Crippen LogP contribution in [0.3, 0.4) is 0 Å². The van der Waals surface area contributed by atoms with Crippen LogP contribution in [0, 0.1) is 5.82 Å². The zero-order valence-electron chi connectivity index (χ0n) is 16.3. The fraction of sp³-hybridized carbons (Fsp3) is 0.474. The summed E-state index contributed by atoms with van der Waals surface area (Å²) in [6.45, 7) is 3.82. The van der Waals surface area contributed by atoms with Gasteiger partial charge in [0.2, 0.25) is 5.43 Å². The highest BCUT2D eigenvalue weighted by Gasteiger charge is 2.32. The van der Waals surface area contributed by atoms with Gasteiger partial charge < -0.3 is 25.4 Å². The van der Waals surface area contributed by atoms with Crippen molar-refractivity contribution >= 4 is 40.0 Å². The normalized spacial score (nSPS) is 20.1. The van der Waals surface area contributed by atoms with Gasteiger partial charge in [-0.1, -0.05) is 0 Å². The quantitative estimate of drug-likeness (QED) is 0.509. The molecule has 0 amide bonds. The van der Waals surface area contributed by atoms with Crippen molar-refractivity contribution in [1.82, 2.24) is 9.47 Å². The second kappa shape index (κ2) is 7.51. The molecule has 1 aromatic carbocycles. The standard InChI is InChI=1S/C19H24FN5O3S/c1-9-8-29-18-14(19(27)28-22)17(26)13-12(25(9)18)7-11(15(20)16(13)21)23-10-3-5-24(2)6-4-10/h7,9-10,23H,3-6,8,21-22H2,1-2H3/t9-/m1/s1. The summed E-state index contributed by atoms with van der Waals surface area (Å²) in [6, 6.07) is 1.74. The van der Waals surface area contributed by atoms with Crippen LogP contribution in [0.5, 0.6) is 0 Å². The van der Waals surface area contributed by atoms with E-state index in [9.17, 15) is 9.59 Å². The number of rotatable bonds is 3. The summed E-state index contributed by atoms with van der Waals surface area (Å²) in [5.74, 6) is 4.06. The summed E-state index contributed by atoms with van der Waals surface area (Å²) in [4.78, 5) is 31.8. The first-order valence-corrected chi connectivity index (χ1v) is 10.5. The Morgan fingerprint density at radius 1 is 1.38 bits per heavy atom. The van der Waals surface area contributed by atoms with Gasteiger partial charge in [-0.15, -0.1) is 11.8 Å². The molecule has 0 radical (unpaired) electrons. The third kappa shape index (κ3) is 3.24.